The normalized spacial score (nSPS) is 15.4. The summed E-state index contributed by atoms with van der Waals surface area (Å²) >= 11 is 0. The highest BCUT2D eigenvalue weighted by molar-refractivity contribution is 7.86. The number of amides is 1. The van der Waals surface area contributed by atoms with E-state index in [9.17, 15) is 28.5 Å². The molecule has 1 amide bonds. The fourth-order valence-corrected chi connectivity index (χ4v) is 3.51. The van der Waals surface area contributed by atoms with Gasteiger partial charge in [0.15, 0.2) is 0 Å². The van der Waals surface area contributed by atoms with E-state index in [0.717, 1.165) is 5.56 Å². The Balaban J connectivity index is 2.25. The molecule has 30 heavy (non-hydrogen) atoms. The van der Waals surface area contributed by atoms with E-state index in [0.29, 0.717) is 6.42 Å². The lowest BCUT2D eigenvalue weighted by atomic mass is 9.88. The monoisotopic (exact) mass is 445 g/mol. The Hall–Kier alpha value is -1.52. The van der Waals surface area contributed by atoms with E-state index in [1.807, 2.05) is 6.92 Å². The Bertz CT molecular complexity index is 757. The summed E-state index contributed by atoms with van der Waals surface area (Å²) in [6.07, 6.45) is -1.71. The van der Waals surface area contributed by atoms with Crippen LogP contribution in [0.2, 0.25) is 0 Å². The standard InChI is InChI=1S/C21H35NO7S/c1-15-5-9-18(10-6-15)30(27,28)29-14-12-17(24)8-7-16(23)11-13-22-20(26)19(25)21(2,3)4/h5-6,9-10,16-17,19,23-25H,7-8,11-14H2,1-4H3,(H,22,26). The number of rotatable bonds is 12. The van der Waals surface area contributed by atoms with Gasteiger partial charge in [-0.05, 0) is 50.2 Å². The largest absolute Gasteiger partial charge is 0.393 e. The van der Waals surface area contributed by atoms with Crippen molar-refractivity contribution in [2.75, 3.05) is 13.2 Å². The van der Waals surface area contributed by atoms with E-state index in [1.165, 1.54) is 12.1 Å². The van der Waals surface area contributed by atoms with Crippen molar-refractivity contribution in [1.29, 1.82) is 0 Å². The molecule has 8 nitrogen and oxygen atoms in total. The van der Waals surface area contributed by atoms with Crippen molar-refractivity contribution in [3.05, 3.63) is 29.8 Å². The van der Waals surface area contributed by atoms with Gasteiger partial charge < -0.3 is 20.6 Å². The average Bonchev–Trinajstić information content (AvgIpc) is 2.65. The molecule has 0 radical (unpaired) electrons. The molecule has 1 aromatic rings. The van der Waals surface area contributed by atoms with Crippen molar-refractivity contribution < 1.29 is 32.7 Å². The molecule has 3 atom stereocenters. The molecule has 0 saturated heterocycles. The summed E-state index contributed by atoms with van der Waals surface area (Å²) in [5.41, 5.74) is 0.370. The highest BCUT2D eigenvalue weighted by Gasteiger charge is 2.28. The molecule has 0 aliphatic rings. The van der Waals surface area contributed by atoms with Crippen LogP contribution in [0.5, 0.6) is 0 Å². The third-order valence-electron chi connectivity index (χ3n) is 4.68. The molecule has 4 N–H and O–H groups in total. The molecule has 1 aromatic carbocycles. The van der Waals surface area contributed by atoms with Crippen LogP contribution in [0.4, 0.5) is 0 Å². The smallest absolute Gasteiger partial charge is 0.296 e. The zero-order chi connectivity index (χ0) is 22.9. The fourth-order valence-electron chi connectivity index (χ4n) is 2.59. The number of aryl methyl sites for hydroxylation is 1. The Kier molecular flexibility index (Phi) is 10.4. The van der Waals surface area contributed by atoms with Gasteiger partial charge in [0.25, 0.3) is 10.1 Å². The molecular weight excluding hydrogens is 410 g/mol. The van der Waals surface area contributed by atoms with Crippen molar-refractivity contribution in [2.24, 2.45) is 5.41 Å². The average molecular weight is 446 g/mol. The molecule has 0 bridgehead atoms. The molecule has 0 heterocycles. The molecule has 172 valence electrons. The van der Waals surface area contributed by atoms with Crippen LogP contribution in [0.3, 0.4) is 0 Å². The summed E-state index contributed by atoms with van der Waals surface area (Å²) in [5, 5.41) is 32.4. The number of carbonyl (C=O) groups is 1. The first kappa shape index (κ1) is 26.5. The number of hydrogen-bond acceptors (Lipinski definition) is 7. The number of carbonyl (C=O) groups excluding carboxylic acids is 1. The predicted octanol–water partition coefficient (Wildman–Crippen LogP) is 1.51. The lowest BCUT2D eigenvalue weighted by Crippen LogP contribution is -2.43. The number of aliphatic hydroxyl groups excluding tert-OH is 3. The van der Waals surface area contributed by atoms with E-state index >= 15 is 0 Å². The Morgan fingerprint density at radius 2 is 1.53 bits per heavy atom. The second kappa shape index (κ2) is 11.8. The van der Waals surface area contributed by atoms with Crippen LogP contribution in [0.15, 0.2) is 29.2 Å². The van der Waals surface area contributed by atoms with Gasteiger partial charge in [-0.2, -0.15) is 8.42 Å². The maximum absolute atomic E-state index is 12.1. The summed E-state index contributed by atoms with van der Waals surface area (Å²) in [4.78, 5) is 11.9. The van der Waals surface area contributed by atoms with Gasteiger partial charge in [0, 0.05) is 6.54 Å². The molecule has 3 unspecified atom stereocenters. The van der Waals surface area contributed by atoms with Crippen LogP contribution in [-0.4, -0.2) is 61.1 Å². The Morgan fingerprint density at radius 3 is 2.07 bits per heavy atom. The van der Waals surface area contributed by atoms with Crippen molar-refractivity contribution in [2.45, 2.75) is 76.6 Å². The van der Waals surface area contributed by atoms with Crippen molar-refractivity contribution in [3.8, 4) is 0 Å². The number of hydrogen-bond donors (Lipinski definition) is 4. The summed E-state index contributed by atoms with van der Waals surface area (Å²) in [6.45, 7) is 7.16. The molecule has 0 aliphatic heterocycles. The molecule has 0 aromatic heterocycles. The first-order chi connectivity index (χ1) is 13.8. The van der Waals surface area contributed by atoms with Crippen LogP contribution in [0.1, 0.15) is 52.0 Å². The third-order valence-corrected chi connectivity index (χ3v) is 6.00. The zero-order valence-corrected chi connectivity index (χ0v) is 19.0. The molecule has 0 saturated carbocycles. The fraction of sp³-hybridized carbons (Fsp3) is 0.667. The molecule has 0 aliphatic carbocycles. The van der Waals surface area contributed by atoms with E-state index in [2.05, 4.69) is 5.32 Å². The molecule has 0 spiro atoms. The van der Waals surface area contributed by atoms with Crippen LogP contribution in [0.25, 0.3) is 0 Å². The molecule has 1 rings (SSSR count). The second-order valence-corrected chi connectivity index (χ2v) is 10.2. The van der Waals surface area contributed by atoms with Crippen molar-refractivity contribution in [3.63, 3.8) is 0 Å². The topological polar surface area (TPSA) is 133 Å². The zero-order valence-electron chi connectivity index (χ0n) is 18.2. The number of benzene rings is 1. The van der Waals surface area contributed by atoms with Gasteiger partial charge in [-0.25, -0.2) is 0 Å². The summed E-state index contributed by atoms with van der Waals surface area (Å²) in [6, 6.07) is 6.30. The highest BCUT2D eigenvalue weighted by atomic mass is 32.2. The quantitative estimate of drug-likeness (QED) is 0.358. The van der Waals surface area contributed by atoms with Crippen LogP contribution < -0.4 is 5.32 Å². The minimum atomic E-state index is -3.86. The van der Waals surface area contributed by atoms with E-state index in [-0.39, 0.29) is 37.3 Å². The van der Waals surface area contributed by atoms with Gasteiger partial charge >= 0.3 is 0 Å². The minimum Gasteiger partial charge on any atom is -0.393 e. The lowest BCUT2D eigenvalue weighted by Gasteiger charge is -2.24. The van der Waals surface area contributed by atoms with Crippen LogP contribution in [0, 0.1) is 12.3 Å². The van der Waals surface area contributed by atoms with E-state index < -0.39 is 39.8 Å². The summed E-state index contributed by atoms with van der Waals surface area (Å²) in [5.74, 6) is -0.485. The summed E-state index contributed by atoms with van der Waals surface area (Å²) in [7, 11) is -3.86. The Morgan fingerprint density at radius 1 is 1.00 bits per heavy atom. The first-order valence-electron chi connectivity index (χ1n) is 10.1. The first-order valence-corrected chi connectivity index (χ1v) is 11.5. The number of aliphatic hydroxyl groups is 3. The summed E-state index contributed by atoms with van der Waals surface area (Å²) < 4.78 is 29.1. The van der Waals surface area contributed by atoms with Gasteiger partial charge in [-0.15, -0.1) is 0 Å². The van der Waals surface area contributed by atoms with Gasteiger partial charge in [0.1, 0.15) is 6.10 Å². The van der Waals surface area contributed by atoms with Crippen molar-refractivity contribution >= 4 is 16.0 Å². The molecule has 9 heteroatoms. The maximum Gasteiger partial charge on any atom is 0.296 e. The van der Waals surface area contributed by atoms with Crippen LogP contribution in [-0.2, 0) is 19.1 Å². The second-order valence-electron chi connectivity index (χ2n) is 8.61. The Labute approximate surface area is 179 Å². The predicted molar refractivity (Wildman–Crippen MR) is 113 cm³/mol. The van der Waals surface area contributed by atoms with Crippen LogP contribution >= 0.6 is 0 Å². The highest BCUT2D eigenvalue weighted by Crippen LogP contribution is 2.19. The lowest BCUT2D eigenvalue weighted by molar-refractivity contribution is -0.134. The van der Waals surface area contributed by atoms with Gasteiger partial charge in [-0.3, -0.25) is 8.98 Å². The van der Waals surface area contributed by atoms with E-state index in [4.69, 9.17) is 4.18 Å². The third kappa shape index (κ3) is 9.53. The molecule has 0 fully saturated rings. The van der Waals surface area contributed by atoms with Crippen molar-refractivity contribution in [1.82, 2.24) is 5.32 Å². The SMILES string of the molecule is Cc1ccc(S(=O)(=O)OCCC(O)CCC(O)CCNC(=O)C(O)C(C)(C)C)cc1. The molecular formula is C21H35NO7S. The maximum atomic E-state index is 12.1. The number of nitrogens with one attached hydrogen (secondary N) is 1. The van der Waals surface area contributed by atoms with Gasteiger partial charge in [0.05, 0.1) is 23.7 Å². The van der Waals surface area contributed by atoms with E-state index in [1.54, 1.807) is 32.9 Å². The van der Waals surface area contributed by atoms with Gasteiger partial charge in [-0.1, -0.05) is 38.5 Å². The van der Waals surface area contributed by atoms with Gasteiger partial charge in [0.2, 0.25) is 5.91 Å². The minimum absolute atomic E-state index is 0.0663.